The first-order chi connectivity index (χ1) is 15.9. The van der Waals surface area contributed by atoms with Crippen molar-refractivity contribution in [1.82, 2.24) is 19.7 Å². The van der Waals surface area contributed by atoms with Crippen molar-refractivity contribution in [2.45, 2.75) is 19.0 Å². The van der Waals surface area contributed by atoms with E-state index in [1.165, 1.54) is 24.5 Å². The maximum atomic E-state index is 14.2. The maximum absolute atomic E-state index is 14.2. The Balaban J connectivity index is 1.72. The van der Waals surface area contributed by atoms with Crippen molar-refractivity contribution in [3.8, 4) is 28.6 Å². The minimum absolute atomic E-state index is 0.0455. The van der Waals surface area contributed by atoms with Gasteiger partial charge in [-0.25, -0.2) is 14.6 Å². The Bertz CT molecular complexity index is 1290. The molecule has 10 heteroatoms. The molecule has 0 atom stereocenters. The van der Waals surface area contributed by atoms with Crippen molar-refractivity contribution < 1.29 is 22.6 Å². The second-order valence-electron chi connectivity index (χ2n) is 7.31. The highest BCUT2D eigenvalue weighted by Crippen LogP contribution is 2.46. The molecular weight excluding hydrogens is 457 g/mol. The van der Waals surface area contributed by atoms with Crippen molar-refractivity contribution in [2.24, 2.45) is 0 Å². The largest absolute Gasteiger partial charge is 0.454 e. The predicted molar refractivity (Wildman–Crippen MR) is 115 cm³/mol. The lowest BCUT2D eigenvalue weighted by atomic mass is 9.98. The molecule has 0 fully saturated rings. The summed E-state index contributed by atoms with van der Waals surface area (Å²) in [6.07, 6.45) is -1.07. The Morgan fingerprint density at radius 1 is 0.970 bits per heavy atom. The van der Waals surface area contributed by atoms with Crippen LogP contribution in [0.2, 0.25) is 5.02 Å². The number of aromatic nitrogens is 4. The number of alkyl halides is 3. The fourth-order valence-electron chi connectivity index (χ4n) is 3.77. The van der Waals surface area contributed by atoms with Crippen LogP contribution in [0.1, 0.15) is 17.0 Å². The van der Waals surface area contributed by atoms with Crippen LogP contribution in [0.25, 0.3) is 17.1 Å². The van der Waals surface area contributed by atoms with Gasteiger partial charge in [-0.05, 0) is 42.2 Å². The van der Waals surface area contributed by atoms with E-state index >= 15 is 0 Å². The van der Waals surface area contributed by atoms with Crippen molar-refractivity contribution in [2.75, 3.05) is 6.79 Å². The van der Waals surface area contributed by atoms with Crippen LogP contribution in [0.4, 0.5) is 13.2 Å². The van der Waals surface area contributed by atoms with E-state index < -0.39 is 11.9 Å². The van der Waals surface area contributed by atoms with E-state index in [0.717, 1.165) is 10.2 Å². The molecule has 2 aromatic carbocycles. The number of halogens is 4. The summed E-state index contributed by atoms with van der Waals surface area (Å²) in [7, 11) is 0. The number of ether oxygens (including phenoxy) is 2. The van der Waals surface area contributed by atoms with Crippen LogP contribution in [0.5, 0.6) is 11.5 Å². The van der Waals surface area contributed by atoms with Gasteiger partial charge in [-0.2, -0.15) is 18.3 Å². The molecule has 1 aliphatic rings. The Labute approximate surface area is 191 Å². The van der Waals surface area contributed by atoms with Gasteiger partial charge in [0, 0.05) is 18.0 Å². The Morgan fingerprint density at radius 3 is 2.45 bits per heavy atom. The van der Waals surface area contributed by atoms with Gasteiger partial charge in [-0.1, -0.05) is 41.9 Å². The van der Waals surface area contributed by atoms with E-state index in [1.54, 1.807) is 6.07 Å². The molecule has 33 heavy (non-hydrogen) atoms. The zero-order chi connectivity index (χ0) is 23.0. The normalized spacial score (nSPS) is 12.8. The van der Waals surface area contributed by atoms with Crippen LogP contribution < -0.4 is 9.47 Å². The van der Waals surface area contributed by atoms with Gasteiger partial charge in [0.15, 0.2) is 17.2 Å². The molecule has 0 N–H and O–H groups in total. The number of hydrogen-bond donors (Lipinski definition) is 0. The Morgan fingerprint density at radius 2 is 1.73 bits per heavy atom. The van der Waals surface area contributed by atoms with Crippen LogP contribution in [0.15, 0.2) is 60.9 Å². The maximum Gasteiger partial charge on any atom is 0.435 e. The smallest absolute Gasteiger partial charge is 0.435 e. The highest BCUT2D eigenvalue weighted by Gasteiger charge is 2.40. The SMILES string of the molecule is FC(F)(F)c1nn(-c2ncccn2)c(CCc2ccccc2)c1-c1cc(Cl)c2c(c1)OCO2. The summed E-state index contributed by atoms with van der Waals surface area (Å²) in [6, 6.07) is 14.0. The molecule has 0 radical (unpaired) electrons. The summed E-state index contributed by atoms with van der Waals surface area (Å²) < 4.78 is 54.4. The van der Waals surface area contributed by atoms with Crippen LogP contribution in [0, 0.1) is 0 Å². The molecule has 0 saturated heterocycles. The second-order valence-corrected chi connectivity index (χ2v) is 7.71. The fourth-order valence-corrected chi connectivity index (χ4v) is 4.04. The molecular formula is C23H16ClF3N4O2. The summed E-state index contributed by atoms with van der Waals surface area (Å²) >= 11 is 6.30. The fraction of sp³-hybridized carbons (Fsp3) is 0.174. The number of benzene rings is 2. The van der Waals surface area contributed by atoms with Gasteiger partial charge in [0.2, 0.25) is 6.79 Å². The molecule has 3 heterocycles. The van der Waals surface area contributed by atoms with Crippen LogP contribution in [-0.4, -0.2) is 26.5 Å². The van der Waals surface area contributed by atoms with Gasteiger partial charge in [0.1, 0.15) is 0 Å². The molecule has 0 spiro atoms. The average molecular weight is 473 g/mol. The van der Waals surface area contributed by atoms with Crippen LogP contribution in [0.3, 0.4) is 0 Å². The molecule has 4 aromatic rings. The molecule has 0 aliphatic carbocycles. The number of rotatable bonds is 5. The summed E-state index contributed by atoms with van der Waals surface area (Å²) in [6.45, 7) is -0.0530. The highest BCUT2D eigenvalue weighted by molar-refractivity contribution is 6.32. The lowest BCUT2D eigenvalue weighted by Gasteiger charge is -2.12. The second kappa shape index (κ2) is 8.40. The first-order valence-electron chi connectivity index (χ1n) is 10.0. The zero-order valence-electron chi connectivity index (χ0n) is 17.0. The van der Waals surface area contributed by atoms with Gasteiger partial charge < -0.3 is 9.47 Å². The third-order valence-electron chi connectivity index (χ3n) is 5.20. The third kappa shape index (κ3) is 4.11. The van der Waals surface area contributed by atoms with E-state index in [1.807, 2.05) is 30.3 Å². The van der Waals surface area contributed by atoms with Gasteiger partial charge in [0.05, 0.1) is 10.7 Å². The van der Waals surface area contributed by atoms with E-state index in [-0.39, 0.29) is 41.1 Å². The van der Waals surface area contributed by atoms with Gasteiger partial charge in [-0.3, -0.25) is 0 Å². The molecule has 6 nitrogen and oxygen atoms in total. The Kier molecular flexibility index (Phi) is 5.41. The van der Waals surface area contributed by atoms with Crippen LogP contribution in [-0.2, 0) is 19.0 Å². The van der Waals surface area contributed by atoms with Gasteiger partial charge in [0.25, 0.3) is 5.95 Å². The minimum atomic E-state index is -4.72. The average Bonchev–Trinajstić information content (AvgIpc) is 3.44. The number of hydrogen-bond acceptors (Lipinski definition) is 5. The monoisotopic (exact) mass is 472 g/mol. The quantitative estimate of drug-likeness (QED) is 0.383. The van der Waals surface area contributed by atoms with E-state index in [0.29, 0.717) is 17.9 Å². The summed E-state index contributed by atoms with van der Waals surface area (Å²) in [5.41, 5.74) is 0.371. The first kappa shape index (κ1) is 21.3. The lowest BCUT2D eigenvalue weighted by molar-refractivity contribution is -0.140. The molecule has 0 saturated carbocycles. The Hall–Kier alpha value is -3.59. The van der Waals surface area contributed by atoms with E-state index in [2.05, 4.69) is 15.1 Å². The van der Waals surface area contributed by atoms with Gasteiger partial charge >= 0.3 is 6.18 Å². The number of aryl methyl sites for hydroxylation is 1. The van der Waals surface area contributed by atoms with Crippen molar-refractivity contribution >= 4 is 11.6 Å². The molecule has 5 rings (SSSR count). The summed E-state index contributed by atoms with van der Waals surface area (Å²) in [5, 5.41) is 4.07. The van der Waals surface area contributed by atoms with E-state index in [4.69, 9.17) is 21.1 Å². The predicted octanol–water partition coefficient (Wildman–Crippen LogP) is 5.52. The topological polar surface area (TPSA) is 62.1 Å². The van der Waals surface area contributed by atoms with Crippen LogP contribution >= 0.6 is 11.6 Å². The van der Waals surface area contributed by atoms with Crippen molar-refractivity contribution in [1.29, 1.82) is 0 Å². The molecule has 0 unspecified atom stereocenters. The third-order valence-corrected chi connectivity index (χ3v) is 5.48. The number of fused-ring (bicyclic) bond motifs is 1. The summed E-state index contributed by atoms with van der Waals surface area (Å²) in [5.74, 6) is 0.631. The standard InChI is InChI=1S/C23H16ClF3N4O2/c24-16-11-15(12-18-20(16)33-13-32-18)19-17(8-7-14-5-2-1-3-6-14)31(22-28-9-4-10-29-22)30-21(19)23(25,26)27/h1-6,9-12H,7-8,13H2. The molecule has 0 bridgehead atoms. The number of nitrogens with zero attached hydrogens (tertiary/aromatic N) is 4. The molecule has 168 valence electrons. The minimum Gasteiger partial charge on any atom is -0.454 e. The lowest BCUT2D eigenvalue weighted by Crippen LogP contribution is -2.10. The van der Waals surface area contributed by atoms with Crippen molar-refractivity contribution in [3.63, 3.8) is 0 Å². The van der Waals surface area contributed by atoms with Gasteiger partial charge in [-0.15, -0.1) is 0 Å². The van der Waals surface area contributed by atoms with Crippen molar-refractivity contribution in [3.05, 3.63) is 82.9 Å². The first-order valence-corrected chi connectivity index (χ1v) is 10.4. The molecule has 2 aromatic heterocycles. The molecule has 0 amide bonds. The highest BCUT2D eigenvalue weighted by atomic mass is 35.5. The molecule has 1 aliphatic heterocycles. The zero-order valence-corrected chi connectivity index (χ0v) is 17.8. The van der Waals surface area contributed by atoms with E-state index in [9.17, 15) is 13.2 Å². The summed E-state index contributed by atoms with van der Waals surface area (Å²) in [4.78, 5) is 8.24.